The lowest BCUT2D eigenvalue weighted by Crippen LogP contribution is -2.26. The number of halogens is 1. The minimum atomic E-state index is -0.337. The van der Waals surface area contributed by atoms with Gasteiger partial charge in [0, 0.05) is 30.1 Å². The van der Waals surface area contributed by atoms with Crippen LogP contribution in [0.1, 0.15) is 30.1 Å². The summed E-state index contributed by atoms with van der Waals surface area (Å²) >= 11 is 1.44. The van der Waals surface area contributed by atoms with Crippen LogP contribution < -0.4 is 15.4 Å². The van der Waals surface area contributed by atoms with Gasteiger partial charge >= 0.3 is 0 Å². The van der Waals surface area contributed by atoms with E-state index in [1.54, 1.807) is 34.7 Å². The van der Waals surface area contributed by atoms with Gasteiger partial charge in [-0.05, 0) is 49.7 Å². The van der Waals surface area contributed by atoms with Crippen molar-refractivity contribution >= 4 is 33.9 Å². The molecule has 2 N–H and O–H groups in total. The van der Waals surface area contributed by atoms with Crippen LogP contribution in [0.4, 0.5) is 10.2 Å². The van der Waals surface area contributed by atoms with Crippen molar-refractivity contribution in [2.24, 2.45) is 0 Å². The van der Waals surface area contributed by atoms with Gasteiger partial charge in [-0.1, -0.05) is 12.1 Å². The van der Waals surface area contributed by atoms with Gasteiger partial charge in [0.05, 0.1) is 12.2 Å². The van der Waals surface area contributed by atoms with E-state index in [2.05, 4.69) is 15.6 Å². The Kier molecular flexibility index (Phi) is 6.99. The normalized spacial score (nSPS) is 10.8. The molecule has 0 bridgehead atoms. The molecule has 33 heavy (non-hydrogen) atoms. The van der Waals surface area contributed by atoms with Gasteiger partial charge in [-0.3, -0.25) is 14.0 Å². The number of imidazole rings is 1. The van der Waals surface area contributed by atoms with E-state index >= 15 is 0 Å². The second-order valence-electron chi connectivity index (χ2n) is 7.21. The Balaban J connectivity index is 1.36. The number of carbonyl (C=O) groups is 2. The van der Waals surface area contributed by atoms with Crippen LogP contribution in [0.25, 0.3) is 16.2 Å². The summed E-state index contributed by atoms with van der Waals surface area (Å²) in [5.41, 5.74) is 1.76. The summed E-state index contributed by atoms with van der Waals surface area (Å²) in [5, 5.41) is 7.63. The van der Waals surface area contributed by atoms with E-state index in [0.717, 1.165) is 4.96 Å². The number of amides is 2. The number of ether oxygens (including phenoxy) is 1. The van der Waals surface area contributed by atoms with Crippen molar-refractivity contribution in [1.29, 1.82) is 0 Å². The first kappa shape index (κ1) is 22.5. The average Bonchev–Trinajstić information content (AvgIpc) is 3.40. The maximum atomic E-state index is 13.3. The van der Waals surface area contributed by atoms with E-state index in [1.807, 2.05) is 24.6 Å². The molecule has 0 aliphatic heterocycles. The van der Waals surface area contributed by atoms with Gasteiger partial charge in [0.1, 0.15) is 23.1 Å². The lowest BCUT2D eigenvalue weighted by molar-refractivity contribution is -0.116. The number of nitrogens with one attached hydrogen (secondary N) is 2. The molecular formula is C24H23FN4O3S. The van der Waals surface area contributed by atoms with Crippen molar-refractivity contribution in [3.63, 3.8) is 0 Å². The number of rotatable bonds is 9. The zero-order chi connectivity index (χ0) is 23.2. The average molecular weight is 467 g/mol. The van der Waals surface area contributed by atoms with Gasteiger partial charge in [-0.25, -0.2) is 9.37 Å². The molecule has 4 aromatic rings. The highest BCUT2D eigenvalue weighted by atomic mass is 32.1. The molecular weight excluding hydrogens is 443 g/mol. The lowest BCUT2D eigenvalue weighted by Gasteiger charge is -2.10. The van der Waals surface area contributed by atoms with Gasteiger partial charge in [0.15, 0.2) is 4.96 Å². The van der Waals surface area contributed by atoms with E-state index in [-0.39, 0.29) is 24.1 Å². The third kappa shape index (κ3) is 5.20. The number of hydrogen-bond donors (Lipinski definition) is 2. The van der Waals surface area contributed by atoms with Crippen LogP contribution in [-0.2, 0) is 4.79 Å². The topological polar surface area (TPSA) is 84.7 Å². The SMILES string of the molecule is CCOc1ccccc1C(=O)NCCCC(=O)Nc1c(-c2ccc(F)cc2)nc2sccn12. The molecule has 9 heteroatoms. The van der Waals surface area contributed by atoms with E-state index < -0.39 is 0 Å². The second-order valence-corrected chi connectivity index (χ2v) is 8.08. The van der Waals surface area contributed by atoms with Crippen molar-refractivity contribution in [2.75, 3.05) is 18.5 Å². The highest BCUT2D eigenvalue weighted by Gasteiger charge is 2.17. The minimum Gasteiger partial charge on any atom is -0.493 e. The number of nitrogens with zero attached hydrogens (tertiary/aromatic N) is 2. The van der Waals surface area contributed by atoms with Gasteiger partial charge in [-0.15, -0.1) is 11.3 Å². The summed E-state index contributed by atoms with van der Waals surface area (Å²) in [6.45, 7) is 2.67. The first-order valence-electron chi connectivity index (χ1n) is 10.6. The molecule has 7 nitrogen and oxygen atoms in total. The minimum absolute atomic E-state index is 0.199. The summed E-state index contributed by atoms with van der Waals surface area (Å²) in [6.07, 6.45) is 2.51. The molecule has 0 fully saturated rings. The molecule has 0 atom stereocenters. The number of aromatic nitrogens is 2. The van der Waals surface area contributed by atoms with Crippen molar-refractivity contribution in [3.05, 3.63) is 71.5 Å². The molecule has 2 aromatic heterocycles. The fraction of sp³-hybridized carbons (Fsp3) is 0.208. The van der Waals surface area contributed by atoms with Gasteiger partial charge in [-0.2, -0.15) is 0 Å². The Labute approximate surface area is 194 Å². The number of fused-ring (bicyclic) bond motifs is 1. The summed E-state index contributed by atoms with van der Waals surface area (Å²) in [7, 11) is 0. The van der Waals surface area contributed by atoms with E-state index in [1.165, 1.54) is 23.5 Å². The molecule has 0 unspecified atom stereocenters. The number of anilines is 1. The number of thiazole rings is 1. The highest BCUT2D eigenvalue weighted by molar-refractivity contribution is 7.15. The third-order valence-electron chi connectivity index (χ3n) is 4.94. The fourth-order valence-corrected chi connectivity index (χ4v) is 4.10. The molecule has 0 aliphatic carbocycles. The Bertz CT molecular complexity index is 1270. The summed E-state index contributed by atoms with van der Waals surface area (Å²) in [4.78, 5) is 30.4. The quantitative estimate of drug-likeness (QED) is 0.349. The Morgan fingerprint density at radius 2 is 1.94 bits per heavy atom. The van der Waals surface area contributed by atoms with Crippen molar-refractivity contribution < 1.29 is 18.7 Å². The molecule has 2 heterocycles. The summed E-state index contributed by atoms with van der Waals surface area (Å²) in [6, 6.07) is 13.0. The highest BCUT2D eigenvalue weighted by Crippen LogP contribution is 2.31. The van der Waals surface area contributed by atoms with Crippen LogP contribution >= 0.6 is 11.3 Å². The maximum absolute atomic E-state index is 13.3. The number of para-hydroxylation sites is 1. The van der Waals surface area contributed by atoms with E-state index in [0.29, 0.717) is 48.0 Å². The van der Waals surface area contributed by atoms with Crippen molar-refractivity contribution in [3.8, 4) is 17.0 Å². The van der Waals surface area contributed by atoms with Crippen LogP contribution in [0.5, 0.6) is 5.75 Å². The third-order valence-corrected chi connectivity index (χ3v) is 5.69. The van der Waals surface area contributed by atoms with Crippen molar-refractivity contribution in [1.82, 2.24) is 14.7 Å². The number of benzene rings is 2. The molecule has 0 radical (unpaired) electrons. The Morgan fingerprint density at radius 3 is 2.73 bits per heavy atom. The first-order valence-corrected chi connectivity index (χ1v) is 11.5. The largest absolute Gasteiger partial charge is 0.493 e. The number of carbonyl (C=O) groups excluding carboxylic acids is 2. The van der Waals surface area contributed by atoms with Crippen LogP contribution in [0.15, 0.2) is 60.1 Å². The fourth-order valence-electron chi connectivity index (χ4n) is 3.39. The lowest BCUT2D eigenvalue weighted by atomic mass is 10.1. The smallest absolute Gasteiger partial charge is 0.255 e. The van der Waals surface area contributed by atoms with E-state index in [4.69, 9.17) is 4.74 Å². The second kappa shape index (κ2) is 10.3. The van der Waals surface area contributed by atoms with Gasteiger partial charge in [0.25, 0.3) is 5.91 Å². The molecule has 2 aromatic carbocycles. The zero-order valence-corrected chi connectivity index (χ0v) is 18.8. The number of hydrogen-bond acceptors (Lipinski definition) is 5. The molecule has 0 aliphatic rings. The molecule has 4 rings (SSSR count). The molecule has 0 saturated carbocycles. The predicted octanol–water partition coefficient (Wildman–Crippen LogP) is 4.75. The maximum Gasteiger partial charge on any atom is 0.255 e. The first-order chi connectivity index (χ1) is 16.1. The van der Waals surface area contributed by atoms with E-state index in [9.17, 15) is 14.0 Å². The predicted molar refractivity (Wildman–Crippen MR) is 126 cm³/mol. The summed E-state index contributed by atoms with van der Waals surface area (Å²) < 4.78 is 20.6. The van der Waals surface area contributed by atoms with Crippen LogP contribution in [-0.4, -0.2) is 34.4 Å². The van der Waals surface area contributed by atoms with Crippen LogP contribution in [0, 0.1) is 5.82 Å². The molecule has 2 amide bonds. The standard InChI is InChI=1S/C24H23FN4O3S/c1-2-32-19-7-4-3-6-18(19)23(31)26-13-5-8-20(30)27-22-21(16-9-11-17(25)12-10-16)28-24-29(22)14-15-33-24/h3-4,6-7,9-12,14-15H,2,5,8,13H2,1H3,(H,26,31)(H,27,30). The van der Waals surface area contributed by atoms with Crippen LogP contribution in [0.3, 0.4) is 0 Å². The Hall–Kier alpha value is -3.72. The van der Waals surface area contributed by atoms with Crippen LogP contribution in [0.2, 0.25) is 0 Å². The molecule has 170 valence electrons. The van der Waals surface area contributed by atoms with Gasteiger partial charge in [0.2, 0.25) is 5.91 Å². The molecule has 0 saturated heterocycles. The van der Waals surface area contributed by atoms with Gasteiger partial charge < -0.3 is 15.4 Å². The summed E-state index contributed by atoms with van der Waals surface area (Å²) in [5.74, 6) is 0.294. The Morgan fingerprint density at radius 1 is 1.15 bits per heavy atom. The van der Waals surface area contributed by atoms with Crippen molar-refractivity contribution in [2.45, 2.75) is 19.8 Å². The molecule has 0 spiro atoms. The monoisotopic (exact) mass is 466 g/mol. The zero-order valence-electron chi connectivity index (χ0n) is 18.0.